The molecule has 0 spiro atoms. The van der Waals surface area contributed by atoms with E-state index >= 15 is 0 Å². The van der Waals surface area contributed by atoms with E-state index in [2.05, 4.69) is 30.1 Å². The molecule has 6 aromatic rings. The Bertz CT molecular complexity index is 1540. The lowest BCUT2D eigenvalue weighted by atomic mass is 10.1. The Morgan fingerprint density at radius 1 is 0.710 bits per heavy atom. The minimum atomic E-state index is -0.291. The van der Waals surface area contributed by atoms with E-state index in [0.717, 1.165) is 38.9 Å². The van der Waals surface area contributed by atoms with Gasteiger partial charge in [-0.25, -0.2) is 24.3 Å². The molecule has 148 valence electrons. The molecule has 5 heterocycles. The van der Waals surface area contributed by atoms with Crippen molar-refractivity contribution in [3.63, 3.8) is 0 Å². The molecule has 0 fully saturated rings. The summed E-state index contributed by atoms with van der Waals surface area (Å²) in [7, 11) is 0. The monoisotopic (exact) mass is 408 g/mol. The van der Waals surface area contributed by atoms with E-state index in [9.17, 15) is 4.39 Å². The summed E-state index contributed by atoms with van der Waals surface area (Å²) in [6.07, 6.45) is 8.32. The first kappa shape index (κ1) is 17.3. The van der Waals surface area contributed by atoms with Gasteiger partial charge in [0.2, 0.25) is 0 Å². The van der Waals surface area contributed by atoms with Gasteiger partial charge >= 0.3 is 0 Å². The van der Waals surface area contributed by atoms with Gasteiger partial charge in [-0.3, -0.25) is 10.1 Å². The first-order valence-corrected chi connectivity index (χ1v) is 9.47. The molecule has 0 saturated heterocycles. The Labute approximate surface area is 174 Å². The van der Waals surface area contributed by atoms with Crippen molar-refractivity contribution in [1.82, 2.24) is 40.1 Å². The van der Waals surface area contributed by atoms with Crippen molar-refractivity contribution >= 4 is 22.1 Å². The Morgan fingerprint density at radius 2 is 1.55 bits per heavy atom. The molecule has 0 radical (unpaired) electrons. The Kier molecular flexibility index (Phi) is 3.79. The molecule has 0 aliphatic heterocycles. The fourth-order valence-corrected chi connectivity index (χ4v) is 3.54. The first-order valence-electron chi connectivity index (χ1n) is 9.47. The van der Waals surface area contributed by atoms with E-state index in [4.69, 9.17) is 9.97 Å². The van der Waals surface area contributed by atoms with Gasteiger partial charge in [-0.2, -0.15) is 5.10 Å². The molecule has 0 amide bonds. The molecule has 0 bridgehead atoms. The van der Waals surface area contributed by atoms with Crippen LogP contribution in [-0.2, 0) is 0 Å². The number of H-pyrrole nitrogens is 2. The minimum absolute atomic E-state index is 0.291. The van der Waals surface area contributed by atoms with Crippen LogP contribution in [0.2, 0.25) is 0 Å². The van der Waals surface area contributed by atoms with Gasteiger partial charge in [0.15, 0.2) is 11.5 Å². The smallest absolute Gasteiger partial charge is 0.161 e. The van der Waals surface area contributed by atoms with Gasteiger partial charge in [-0.15, -0.1) is 0 Å². The molecular weight excluding hydrogens is 395 g/mol. The second-order valence-corrected chi connectivity index (χ2v) is 6.97. The summed E-state index contributed by atoms with van der Waals surface area (Å²) < 4.78 is 13.3. The molecule has 31 heavy (non-hydrogen) atoms. The third-order valence-corrected chi connectivity index (χ3v) is 5.04. The number of pyridine rings is 2. The van der Waals surface area contributed by atoms with Crippen LogP contribution in [0.5, 0.6) is 0 Å². The van der Waals surface area contributed by atoms with Gasteiger partial charge in [0, 0.05) is 29.7 Å². The quantitative estimate of drug-likeness (QED) is 0.455. The maximum atomic E-state index is 13.3. The van der Waals surface area contributed by atoms with Crippen LogP contribution >= 0.6 is 0 Å². The van der Waals surface area contributed by atoms with Crippen molar-refractivity contribution in [1.29, 1.82) is 0 Å². The van der Waals surface area contributed by atoms with E-state index in [1.165, 1.54) is 18.5 Å². The third kappa shape index (κ3) is 2.91. The molecule has 2 N–H and O–H groups in total. The fraction of sp³-hybridized carbons (Fsp3) is 0. The Balaban J connectivity index is 1.51. The molecule has 0 atom stereocenters. The second-order valence-electron chi connectivity index (χ2n) is 6.97. The summed E-state index contributed by atoms with van der Waals surface area (Å²) in [5, 5.41) is 7.43. The molecular formula is C22H13FN8. The van der Waals surface area contributed by atoms with Gasteiger partial charge in [0.1, 0.15) is 17.7 Å². The van der Waals surface area contributed by atoms with Crippen molar-refractivity contribution in [2.24, 2.45) is 0 Å². The zero-order valence-electron chi connectivity index (χ0n) is 15.9. The van der Waals surface area contributed by atoms with Gasteiger partial charge in [-0.1, -0.05) is 12.1 Å². The molecule has 0 aliphatic rings. The zero-order valence-corrected chi connectivity index (χ0v) is 15.9. The number of hydrogen-bond donors (Lipinski definition) is 2. The van der Waals surface area contributed by atoms with Crippen LogP contribution in [0.4, 0.5) is 4.39 Å². The van der Waals surface area contributed by atoms with Gasteiger partial charge in [0.05, 0.1) is 28.4 Å². The number of nitrogens with zero attached hydrogens (tertiary/aromatic N) is 6. The molecule has 5 aromatic heterocycles. The van der Waals surface area contributed by atoms with Crippen LogP contribution in [0.3, 0.4) is 0 Å². The molecule has 6 rings (SSSR count). The maximum absolute atomic E-state index is 13.3. The predicted molar refractivity (Wildman–Crippen MR) is 113 cm³/mol. The highest BCUT2D eigenvalue weighted by molar-refractivity contribution is 5.95. The fourth-order valence-electron chi connectivity index (χ4n) is 3.54. The van der Waals surface area contributed by atoms with Crippen molar-refractivity contribution in [2.45, 2.75) is 0 Å². The van der Waals surface area contributed by atoms with Crippen LogP contribution in [0.25, 0.3) is 56.0 Å². The number of imidazole rings is 1. The van der Waals surface area contributed by atoms with Crippen molar-refractivity contribution in [3.8, 4) is 33.9 Å². The third-order valence-electron chi connectivity index (χ3n) is 5.04. The number of nitrogens with one attached hydrogen (secondary N) is 2. The van der Waals surface area contributed by atoms with Crippen LogP contribution in [-0.4, -0.2) is 40.1 Å². The molecule has 1 aromatic carbocycles. The average Bonchev–Trinajstić information content (AvgIpc) is 3.43. The highest BCUT2D eigenvalue weighted by atomic mass is 19.1. The molecule has 0 aliphatic carbocycles. The van der Waals surface area contributed by atoms with E-state index in [1.807, 2.05) is 12.1 Å². The Morgan fingerprint density at radius 3 is 2.39 bits per heavy atom. The van der Waals surface area contributed by atoms with Crippen LogP contribution in [0, 0.1) is 5.82 Å². The Hall–Kier alpha value is -4.53. The van der Waals surface area contributed by atoms with E-state index < -0.39 is 0 Å². The van der Waals surface area contributed by atoms with Crippen LogP contribution in [0.15, 0.2) is 67.5 Å². The predicted octanol–water partition coefficient (Wildman–Crippen LogP) is 4.16. The first-order chi connectivity index (χ1) is 15.3. The molecule has 9 heteroatoms. The zero-order chi connectivity index (χ0) is 20.8. The lowest BCUT2D eigenvalue weighted by Crippen LogP contribution is -1.88. The largest absolute Gasteiger partial charge is 0.335 e. The van der Waals surface area contributed by atoms with Crippen LogP contribution < -0.4 is 0 Å². The summed E-state index contributed by atoms with van der Waals surface area (Å²) in [6.45, 7) is 0. The van der Waals surface area contributed by atoms with E-state index in [0.29, 0.717) is 17.0 Å². The van der Waals surface area contributed by atoms with E-state index in [-0.39, 0.29) is 5.82 Å². The number of halogens is 1. The number of fused-ring (bicyclic) bond motifs is 2. The summed E-state index contributed by atoms with van der Waals surface area (Å²) in [5.41, 5.74) is 6.70. The number of rotatable bonds is 3. The molecule has 0 saturated carbocycles. The lowest BCUT2D eigenvalue weighted by molar-refractivity contribution is 0.628. The minimum Gasteiger partial charge on any atom is -0.335 e. The topological polar surface area (TPSA) is 109 Å². The maximum Gasteiger partial charge on any atom is 0.161 e. The SMILES string of the molecule is Fc1ccc(-c2cncc3[nH]c(-c4n[nH]c5ccc(-c6cncnc6)nc45)nc23)cc1. The number of aromatic nitrogens is 8. The van der Waals surface area contributed by atoms with Gasteiger partial charge in [-0.05, 0) is 29.8 Å². The molecule has 8 nitrogen and oxygen atoms in total. The van der Waals surface area contributed by atoms with Crippen LogP contribution in [0.1, 0.15) is 0 Å². The number of hydrogen-bond acceptors (Lipinski definition) is 6. The van der Waals surface area contributed by atoms with Crippen molar-refractivity contribution < 1.29 is 4.39 Å². The van der Waals surface area contributed by atoms with E-state index in [1.54, 1.807) is 36.9 Å². The summed E-state index contributed by atoms with van der Waals surface area (Å²) >= 11 is 0. The normalized spacial score (nSPS) is 11.4. The summed E-state index contributed by atoms with van der Waals surface area (Å²) in [4.78, 5) is 25.2. The number of benzene rings is 1. The highest BCUT2D eigenvalue weighted by Gasteiger charge is 2.17. The average molecular weight is 408 g/mol. The standard InChI is InChI=1S/C22H13FN8/c23-14-3-1-12(2-4-14)15-9-24-10-18-19(15)29-22(28-18)21-20-17(30-31-21)6-5-16(27-20)13-7-25-11-26-8-13/h1-11H,(H,28,29)(H,30,31). The highest BCUT2D eigenvalue weighted by Crippen LogP contribution is 2.31. The molecule has 0 unspecified atom stereocenters. The van der Waals surface area contributed by atoms with Crippen molar-refractivity contribution in [3.05, 3.63) is 73.3 Å². The lowest BCUT2D eigenvalue weighted by Gasteiger charge is -2.01. The van der Waals surface area contributed by atoms with Gasteiger partial charge < -0.3 is 4.98 Å². The van der Waals surface area contributed by atoms with Gasteiger partial charge in [0.25, 0.3) is 0 Å². The summed E-state index contributed by atoms with van der Waals surface area (Å²) in [6, 6.07) is 10.1. The second kappa shape index (κ2) is 6.77. The van der Waals surface area contributed by atoms with Crippen molar-refractivity contribution in [2.75, 3.05) is 0 Å². The number of aromatic amines is 2. The summed E-state index contributed by atoms with van der Waals surface area (Å²) in [5.74, 6) is 0.270.